The van der Waals surface area contributed by atoms with Crippen LogP contribution in [0.25, 0.3) is 0 Å². The molecular weight excluding hydrogens is 194 g/mol. The predicted molar refractivity (Wildman–Crippen MR) is 59.5 cm³/mol. The van der Waals surface area contributed by atoms with Gasteiger partial charge in [-0.2, -0.15) is 0 Å². The van der Waals surface area contributed by atoms with Crippen LogP contribution in [0.5, 0.6) is 0 Å². The summed E-state index contributed by atoms with van der Waals surface area (Å²) in [6, 6.07) is 4.62. The smallest absolute Gasteiger partial charge is 0.0693 e. The lowest BCUT2D eigenvalue weighted by Crippen LogP contribution is -2.34. The lowest BCUT2D eigenvalue weighted by Gasteiger charge is -2.15. The lowest BCUT2D eigenvalue weighted by atomic mass is 10.2. The van der Waals surface area contributed by atoms with E-state index in [-0.39, 0.29) is 6.10 Å². The van der Waals surface area contributed by atoms with Crippen LogP contribution in [-0.4, -0.2) is 17.3 Å². The van der Waals surface area contributed by atoms with E-state index < -0.39 is 0 Å². The fourth-order valence-electron chi connectivity index (χ4n) is 1.99. The number of nitrogens with one attached hydrogen (secondary N) is 1. The fourth-order valence-corrected chi connectivity index (χ4v) is 2.83. The SMILES string of the molecule is Cc1ccc(CNC2CCCC2O)s1. The minimum Gasteiger partial charge on any atom is -0.392 e. The lowest BCUT2D eigenvalue weighted by molar-refractivity contribution is 0.149. The Balaban J connectivity index is 1.82. The summed E-state index contributed by atoms with van der Waals surface area (Å²) in [5.41, 5.74) is 0. The molecule has 1 aromatic heterocycles. The van der Waals surface area contributed by atoms with Crippen molar-refractivity contribution in [3.63, 3.8) is 0 Å². The van der Waals surface area contributed by atoms with Crippen molar-refractivity contribution in [3.8, 4) is 0 Å². The second kappa shape index (κ2) is 4.43. The molecule has 0 aromatic carbocycles. The second-order valence-corrected chi connectivity index (χ2v) is 5.37. The van der Waals surface area contributed by atoms with Gasteiger partial charge < -0.3 is 10.4 Å². The molecule has 1 saturated carbocycles. The van der Waals surface area contributed by atoms with Gasteiger partial charge in [0.15, 0.2) is 0 Å². The van der Waals surface area contributed by atoms with Gasteiger partial charge in [0.25, 0.3) is 0 Å². The summed E-state index contributed by atoms with van der Waals surface area (Å²) in [5, 5.41) is 13.0. The molecule has 1 aliphatic carbocycles. The zero-order valence-corrected chi connectivity index (χ0v) is 9.31. The Morgan fingerprint density at radius 1 is 1.50 bits per heavy atom. The van der Waals surface area contributed by atoms with Gasteiger partial charge in [0.05, 0.1) is 6.10 Å². The van der Waals surface area contributed by atoms with Crippen molar-refractivity contribution in [1.82, 2.24) is 5.32 Å². The van der Waals surface area contributed by atoms with E-state index in [4.69, 9.17) is 0 Å². The molecule has 2 nitrogen and oxygen atoms in total. The highest BCUT2D eigenvalue weighted by atomic mass is 32.1. The molecule has 0 amide bonds. The number of aliphatic hydroxyl groups excluding tert-OH is 1. The van der Waals surface area contributed by atoms with Crippen LogP contribution in [0, 0.1) is 6.92 Å². The van der Waals surface area contributed by atoms with E-state index in [0.29, 0.717) is 6.04 Å². The normalized spacial score (nSPS) is 27.0. The molecule has 0 bridgehead atoms. The molecule has 1 heterocycles. The molecule has 1 aromatic rings. The van der Waals surface area contributed by atoms with E-state index in [1.54, 1.807) is 0 Å². The van der Waals surface area contributed by atoms with Crippen molar-refractivity contribution in [2.45, 2.75) is 44.9 Å². The quantitative estimate of drug-likeness (QED) is 0.802. The molecule has 2 atom stereocenters. The van der Waals surface area contributed by atoms with E-state index >= 15 is 0 Å². The zero-order chi connectivity index (χ0) is 9.97. The van der Waals surface area contributed by atoms with Crippen LogP contribution in [-0.2, 0) is 6.54 Å². The minimum atomic E-state index is -0.129. The maximum atomic E-state index is 9.61. The molecule has 2 N–H and O–H groups in total. The highest BCUT2D eigenvalue weighted by molar-refractivity contribution is 7.11. The number of hydrogen-bond donors (Lipinski definition) is 2. The van der Waals surface area contributed by atoms with Crippen LogP contribution in [0.4, 0.5) is 0 Å². The Morgan fingerprint density at radius 2 is 2.36 bits per heavy atom. The first-order valence-corrected chi connectivity index (χ1v) is 6.04. The van der Waals surface area contributed by atoms with Gasteiger partial charge in [-0.3, -0.25) is 0 Å². The van der Waals surface area contributed by atoms with Crippen LogP contribution < -0.4 is 5.32 Å². The summed E-state index contributed by atoms with van der Waals surface area (Å²) in [5.74, 6) is 0. The molecule has 3 heteroatoms. The molecule has 1 fully saturated rings. The van der Waals surface area contributed by atoms with Gasteiger partial charge in [-0.1, -0.05) is 0 Å². The van der Waals surface area contributed by atoms with Crippen molar-refractivity contribution < 1.29 is 5.11 Å². The summed E-state index contributed by atoms with van der Waals surface area (Å²) in [6.07, 6.45) is 3.10. The van der Waals surface area contributed by atoms with E-state index in [2.05, 4.69) is 24.4 Å². The third kappa shape index (κ3) is 2.35. The molecule has 0 aliphatic heterocycles. The topological polar surface area (TPSA) is 32.3 Å². The Kier molecular flexibility index (Phi) is 3.21. The fraction of sp³-hybridized carbons (Fsp3) is 0.636. The van der Waals surface area contributed by atoms with Gasteiger partial charge in [-0.15, -0.1) is 11.3 Å². The predicted octanol–water partition coefficient (Wildman–Crippen LogP) is 2.06. The molecule has 14 heavy (non-hydrogen) atoms. The van der Waals surface area contributed by atoms with E-state index in [0.717, 1.165) is 25.8 Å². The summed E-state index contributed by atoms with van der Waals surface area (Å²) in [4.78, 5) is 2.72. The zero-order valence-electron chi connectivity index (χ0n) is 8.49. The Hall–Kier alpha value is -0.380. The van der Waals surface area contributed by atoms with Crippen LogP contribution in [0.2, 0.25) is 0 Å². The standard InChI is InChI=1S/C11H17NOS/c1-8-5-6-9(14-8)7-12-10-3-2-4-11(10)13/h5-6,10-13H,2-4,7H2,1H3. The van der Waals surface area contributed by atoms with Gasteiger partial charge in [-0.25, -0.2) is 0 Å². The van der Waals surface area contributed by atoms with Crippen molar-refractivity contribution >= 4 is 11.3 Å². The van der Waals surface area contributed by atoms with Crippen molar-refractivity contribution in [3.05, 3.63) is 21.9 Å². The van der Waals surface area contributed by atoms with Crippen LogP contribution in [0.3, 0.4) is 0 Å². The van der Waals surface area contributed by atoms with Gasteiger partial charge in [0.2, 0.25) is 0 Å². The average molecular weight is 211 g/mol. The summed E-state index contributed by atoms with van der Waals surface area (Å²) < 4.78 is 0. The molecule has 0 saturated heterocycles. The van der Waals surface area contributed by atoms with Gasteiger partial charge >= 0.3 is 0 Å². The molecule has 0 radical (unpaired) electrons. The average Bonchev–Trinajstić information content (AvgIpc) is 2.72. The van der Waals surface area contributed by atoms with Crippen molar-refractivity contribution in [2.24, 2.45) is 0 Å². The minimum absolute atomic E-state index is 0.129. The molecule has 78 valence electrons. The van der Waals surface area contributed by atoms with Gasteiger partial charge in [0.1, 0.15) is 0 Å². The Labute approximate surface area is 89.0 Å². The van der Waals surface area contributed by atoms with Crippen LogP contribution >= 0.6 is 11.3 Å². The number of thiophene rings is 1. The third-order valence-corrected chi connectivity index (χ3v) is 3.81. The van der Waals surface area contributed by atoms with Crippen molar-refractivity contribution in [1.29, 1.82) is 0 Å². The molecule has 1 aliphatic rings. The van der Waals surface area contributed by atoms with Gasteiger partial charge in [-0.05, 0) is 38.3 Å². The van der Waals surface area contributed by atoms with Gasteiger partial charge in [0, 0.05) is 22.3 Å². The summed E-state index contributed by atoms with van der Waals surface area (Å²) >= 11 is 1.83. The summed E-state index contributed by atoms with van der Waals surface area (Å²) in [7, 11) is 0. The first kappa shape index (κ1) is 10.1. The first-order chi connectivity index (χ1) is 6.75. The van der Waals surface area contributed by atoms with Crippen LogP contribution in [0.1, 0.15) is 29.0 Å². The largest absolute Gasteiger partial charge is 0.392 e. The molecular formula is C11H17NOS. The number of aryl methyl sites for hydroxylation is 1. The highest BCUT2D eigenvalue weighted by Gasteiger charge is 2.24. The number of aliphatic hydroxyl groups is 1. The van der Waals surface area contributed by atoms with Crippen molar-refractivity contribution in [2.75, 3.05) is 0 Å². The van der Waals surface area contributed by atoms with E-state index in [1.807, 2.05) is 11.3 Å². The molecule has 2 unspecified atom stereocenters. The Morgan fingerprint density at radius 3 is 2.93 bits per heavy atom. The second-order valence-electron chi connectivity index (χ2n) is 4.00. The Bertz CT molecular complexity index is 297. The number of hydrogen-bond acceptors (Lipinski definition) is 3. The number of rotatable bonds is 3. The first-order valence-electron chi connectivity index (χ1n) is 5.22. The van der Waals surface area contributed by atoms with E-state index in [1.165, 1.54) is 9.75 Å². The maximum Gasteiger partial charge on any atom is 0.0693 e. The highest BCUT2D eigenvalue weighted by Crippen LogP contribution is 2.20. The van der Waals surface area contributed by atoms with Crippen LogP contribution in [0.15, 0.2) is 12.1 Å². The molecule has 0 spiro atoms. The summed E-state index contributed by atoms with van der Waals surface area (Å²) in [6.45, 7) is 3.03. The monoisotopic (exact) mass is 211 g/mol. The third-order valence-electron chi connectivity index (χ3n) is 2.81. The molecule has 2 rings (SSSR count). The maximum absolute atomic E-state index is 9.61. The van der Waals surface area contributed by atoms with E-state index in [9.17, 15) is 5.11 Å².